The molecule has 0 bridgehead atoms. The van der Waals surface area contributed by atoms with Gasteiger partial charge in [0.15, 0.2) is 0 Å². The molecule has 0 aromatic rings. The van der Waals surface area contributed by atoms with E-state index >= 15 is 0 Å². The minimum atomic E-state index is 0.623. The summed E-state index contributed by atoms with van der Waals surface area (Å²) in [4.78, 5) is 5.74. The molecule has 2 nitrogen and oxygen atoms in total. The lowest BCUT2D eigenvalue weighted by Gasteiger charge is -1.99. The molecule has 0 aliphatic carbocycles. The molecule has 7 heavy (non-hydrogen) atoms. The van der Waals surface area contributed by atoms with Crippen molar-refractivity contribution in [2.75, 3.05) is 20.6 Å². The van der Waals surface area contributed by atoms with Crippen LogP contribution in [0.1, 0.15) is 0 Å². The monoisotopic (exact) mass is 99.1 g/mol. The Hall–Kier alpha value is -0.530. The van der Waals surface area contributed by atoms with E-state index in [0.717, 1.165) is 0 Å². The fourth-order valence-corrected chi connectivity index (χ4v) is 0.221. The molecule has 0 saturated carbocycles. The largest absolute Gasteiger partial charge is 0.369 e. The van der Waals surface area contributed by atoms with E-state index in [1.165, 1.54) is 0 Å². The molecule has 1 radical (unpaired) electrons. The van der Waals surface area contributed by atoms with Crippen molar-refractivity contribution in [3.8, 4) is 0 Å². The van der Waals surface area contributed by atoms with Gasteiger partial charge in [0, 0.05) is 20.6 Å². The molecule has 0 aromatic carbocycles. The molecule has 0 spiro atoms. The minimum absolute atomic E-state index is 0.623. The Morgan fingerprint density at radius 3 is 2.43 bits per heavy atom. The highest BCUT2D eigenvalue weighted by atomic mass is 15.1. The van der Waals surface area contributed by atoms with E-state index in [1.54, 1.807) is 6.34 Å². The van der Waals surface area contributed by atoms with Crippen LogP contribution in [0.25, 0.3) is 0 Å². The first-order valence-electron chi connectivity index (χ1n) is 2.23. The van der Waals surface area contributed by atoms with Crippen molar-refractivity contribution >= 4 is 6.34 Å². The highest BCUT2D eigenvalue weighted by Crippen LogP contribution is 1.65. The van der Waals surface area contributed by atoms with Crippen LogP contribution in [0.3, 0.4) is 0 Å². The Morgan fingerprint density at radius 2 is 2.29 bits per heavy atom. The molecule has 0 aromatic heterocycles. The van der Waals surface area contributed by atoms with Crippen LogP contribution >= 0.6 is 0 Å². The average Bonchev–Trinajstić information content (AvgIpc) is 1.61. The van der Waals surface area contributed by atoms with E-state index in [2.05, 4.69) is 11.9 Å². The molecule has 0 aliphatic rings. The third kappa shape index (κ3) is 5.47. The Kier molecular flexibility index (Phi) is 3.38. The summed E-state index contributed by atoms with van der Waals surface area (Å²) in [6.07, 6.45) is 1.74. The van der Waals surface area contributed by atoms with Gasteiger partial charge in [0.1, 0.15) is 0 Å². The Labute approximate surface area is 44.9 Å². The van der Waals surface area contributed by atoms with Crippen LogP contribution in [-0.4, -0.2) is 31.9 Å². The highest BCUT2D eigenvalue weighted by Gasteiger charge is 1.70. The summed E-state index contributed by atoms with van der Waals surface area (Å²) in [5.41, 5.74) is 0. The SMILES string of the molecule is [CH2]CN=CN(C)C. The molecule has 0 unspecified atom stereocenters. The lowest BCUT2D eigenvalue weighted by atomic mass is 10.8. The first kappa shape index (κ1) is 6.47. The van der Waals surface area contributed by atoms with Crippen LogP contribution in [0, 0.1) is 6.92 Å². The van der Waals surface area contributed by atoms with Crippen molar-refractivity contribution in [3.05, 3.63) is 6.92 Å². The molecule has 0 heterocycles. The topological polar surface area (TPSA) is 15.6 Å². The number of rotatable bonds is 2. The van der Waals surface area contributed by atoms with Gasteiger partial charge in [-0.2, -0.15) is 0 Å². The summed E-state index contributed by atoms with van der Waals surface area (Å²) in [6, 6.07) is 0. The summed E-state index contributed by atoms with van der Waals surface area (Å²) in [6.45, 7) is 4.16. The maximum atomic E-state index is 3.86. The number of hydrogen-bond donors (Lipinski definition) is 0. The summed E-state index contributed by atoms with van der Waals surface area (Å²) >= 11 is 0. The Morgan fingerprint density at radius 1 is 1.71 bits per heavy atom. The van der Waals surface area contributed by atoms with Crippen LogP contribution < -0.4 is 0 Å². The van der Waals surface area contributed by atoms with Crippen molar-refractivity contribution in [3.63, 3.8) is 0 Å². The molecular formula is C5H11N2. The number of aliphatic imine (C=N–C) groups is 1. The molecule has 0 saturated heterocycles. The van der Waals surface area contributed by atoms with Gasteiger partial charge in [0.25, 0.3) is 0 Å². The van der Waals surface area contributed by atoms with Crippen molar-refractivity contribution < 1.29 is 0 Å². The predicted octanol–water partition coefficient (Wildman–Crippen LogP) is 0.410. The standard InChI is InChI=1S/C5H11N2/c1-4-6-5-7(2)3/h5H,1,4H2,2-3H3. The number of hydrogen-bond acceptors (Lipinski definition) is 1. The van der Waals surface area contributed by atoms with E-state index in [0.29, 0.717) is 6.54 Å². The smallest absolute Gasteiger partial charge is 0.0844 e. The van der Waals surface area contributed by atoms with Gasteiger partial charge in [0.05, 0.1) is 6.34 Å². The number of nitrogens with zero attached hydrogens (tertiary/aromatic N) is 2. The van der Waals surface area contributed by atoms with Crippen molar-refractivity contribution in [1.82, 2.24) is 4.90 Å². The van der Waals surface area contributed by atoms with Crippen LogP contribution in [-0.2, 0) is 0 Å². The van der Waals surface area contributed by atoms with Crippen LogP contribution in [0.15, 0.2) is 4.99 Å². The van der Waals surface area contributed by atoms with Gasteiger partial charge < -0.3 is 4.90 Å². The first-order chi connectivity index (χ1) is 3.27. The van der Waals surface area contributed by atoms with E-state index in [-0.39, 0.29) is 0 Å². The van der Waals surface area contributed by atoms with Gasteiger partial charge in [-0.1, -0.05) is 0 Å². The molecule has 0 aliphatic heterocycles. The Bertz CT molecular complexity index is 57.1. The van der Waals surface area contributed by atoms with E-state index < -0.39 is 0 Å². The summed E-state index contributed by atoms with van der Waals surface area (Å²) in [7, 11) is 3.86. The summed E-state index contributed by atoms with van der Waals surface area (Å²) in [5, 5.41) is 0. The van der Waals surface area contributed by atoms with Gasteiger partial charge in [0.2, 0.25) is 0 Å². The zero-order valence-corrected chi connectivity index (χ0v) is 4.89. The molecule has 0 N–H and O–H groups in total. The lowest BCUT2D eigenvalue weighted by Crippen LogP contribution is -2.07. The second-order valence-corrected chi connectivity index (χ2v) is 1.49. The molecule has 0 rings (SSSR count). The van der Waals surface area contributed by atoms with Crippen LogP contribution in [0.5, 0.6) is 0 Å². The highest BCUT2D eigenvalue weighted by molar-refractivity contribution is 5.53. The van der Waals surface area contributed by atoms with Crippen molar-refractivity contribution in [2.45, 2.75) is 0 Å². The summed E-state index contributed by atoms with van der Waals surface area (Å²) in [5.74, 6) is 0. The molecular weight excluding hydrogens is 88.1 g/mol. The molecule has 41 valence electrons. The molecule has 2 heteroatoms. The third-order valence-corrected chi connectivity index (χ3v) is 0.442. The third-order valence-electron chi connectivity index (χ3n) is 0.442. The fourth-order valence-electron chi connectivity index (χ4n) is 0.221. The second kappa shape index (κ2) is 3.65. The van der Waals surface area contributed by atoms with Gasteiger partial charge in [-0.3, -0.25) is 4.99 Å². The normalized spacial score (nSPS) is 10.1. The van der Waals surface area contributed by atoms with E-state index in [9.17, 15) is 0 Å². The van der Waals surface area contributed by atoms with E-state index in [1.807, 2.05) is 19.0 Å². The van der Waals surface area contributed by atoms with Gasteiger partial charge >= 0.3 is 0 Å². The second-order valence-electron chi connectivity index (χ2n) is 1.49. The Balaban J connectivity index is 3.08. The van der Waals surface area contributed by atoms with Gasteiger partial charge in [-0.25, -0.2) is 0 Å². The van der Waals surface area contributed by atoms with E-state index in [4.69, 9.17) is 0 Å². The minimum Gasteiger partial charge on any atom is -0.369 e. The van der Waals surface area contributed by atoms with Crippen molar-refractivity contribution in [2.24, 2.45) is 4.99 Å². The van der Waals surface area contributed by atoms with Gasteiger partial charge in [-0.15, -0.1) is 0 Å². The first-order valence-corrected chi connectivity index (χ1v) is 2.23. The zero-order valence-electron chi connectivity index (χ0n) is 4.89. The van der Waals surface area contributed by atoms with Gasteiger partial charge in [-0.05, 0) is 6.92 Å². The van der Waals surface area contributed by atoms with Crippen LogP contribution in [0.4, 0.5) is 0 Å². The fraction of sp³-hybridized carbons (Fsp3) is 0.600. The van der Waals surface area contributed by atoms with Crippen LogP contribution in [0.2, 0.25) is 0 Å². The van der Waals surface area contributed by atoms with Crippen molar-refractivity contribution in [1.29, 1.82) is 0 Å². The average molecular weight is 99.2 g/mol. The summed E-state index contributed by atoms with van der Waals surface area (Å²) < 4.78 is 0. The lowest BCUT2D eigenvalue weighted by molar-refractivity contribution is 0.640. The maximum Gasteiger partial charge on any atom is 0.0844 e. The maximum absolute atomic E-state index is 3.86. The molecule has 0 fully saturated rings. The quantitative estimate of drug-likeness (QED) is 0.361. The molecule has 0 atom stereocenters. The predicted molar refractivity (Wildman–Crippen MR) is 32.4 cm³/mol. The molecule has 0 amide bonds. The zero-order chi connectivity index (χ0) is 5.70.